The van der Waals surface area contributed by atoms with Crippen LogP contribution in [0.4, 0.5) is 21.5 Å². The van der Waals surface area contributed by atoms with Crippen molar-refractivity contribution in [3.63, 3.8) is 0 Å². The fourth-order valence-corrected chi connectivity index (χ4v) is 1.41. The van der Waals surface area contributed by atoms with Gasteiger partial charge in [0.05, 0.1) is 28.2 Å². The van der Waals surface area contributed by atoms with Gasteiger partial charge in [0.1, 0.15) is 5.02 Å². The first-order valence-corrected chi connectivity index (χ1v) is 5.88. The Kier molecular flexibility index (Phi) is 3.70. The Morgan fingerprint density at radius 1 is 1.22 bits per heavy atom. The average molecular weight is 276 g/mol. The van der Waals surface area contributed by atoms with Crippen molar-refractivity contribution in [3.05, 3.63) is 16.9 Å². The molecule has 0 aliphatic carbocycles. The highest BCUT2D eigenvalue weighted by Gasteiger charge is 2.36. The van der Waals surface area contributed by atoms with Crippen LogP contribution in [0.15, 0.2) is 6.07 Å². The van der Waals surface area contributed by atoms with Crippen molar-refractivity contribution >= 4 is 28.7 Å². The zero-order valence-electron chi connectivity index (χ0n) is 10.9. The minimum Gasteiger partial charge on any atom is -0.397 e. The number of hydrogen-bond donors (Lipinski definition) is 4. The maximum Gasteiger partial charge on any atom is 0.169 e. The van der Waals surface area contributed by atoms with Gasteiger partial charge in [-0.05, 0) is 33.8 Å². The van der Waals surface area contributed by atoms with E-state index in [1.807, 2.05) is 0 Å². The Bertz CT molecular complexity index is 469. The summed E-state index contributed by atoms with van der Waals surface area (Å²) in [7, 11) is 0. The summed E-state index contributed by atoms with van der Waals surface area (Å²) in [5.41, 5.74) is 9.61. The summed E-state index contributed by atoms with van der Waals surface area (Å²) < 4.78 is 14.0. The average Bonchev–Trinajstić information content (AvgIpc) is 2.20. The molecule has 0 aliphatic heterocycles. The predicted molar refractivity (Wildman–Crippen MR) is 74.2 cm³/mol. The first kappa shape index (κ1) is 14.9. The molecule has 0 unspecified atom stereocenters. The summed E-state index contributed by atoms with van der Waals surface area (Å²) >= 11 is 5.74. The number of halogens is 2. The van der Waals surface area contributed by atoms with Crippen molar-refractivity contribution in [2.24, 2.45) is 0 Å². The highest BCUT2D eigenvalue weighted by Crippen LogP contribution is 2.37. The minimum atomic E-state index is -1.08. The Morgan fingerprint density at radius 2 is 1.72 bits per heavy atom. The molecule has 4 nitrogen and oxygen atoms in total. The highest BCUT2D eigenvalue weighted by atomic mass is 35.5. The van der Waals surface area contributed by atoms with Gasteiger partial charge in [0.15, 0.2) is 5.82 Å². The van der Waals surface area contributed by atoms with Gasteiger partial charge < -0.3 is 21.9 Å². The fraction of sp³-hybridized carbons (Fsp3) is 0.500. The summed E-state index contributed by atoms with van der Waals surface area (Å²) in [6.07, 6.45) is 0. The maximum absolute atomic E-state index is 14.0. The summed E-state index contributed by atoms with van der Waals surface area (Å²) in [5, 5.41) is 12.7. The third-order valence-electron chi connectivity index (χ3n) is 3.23. The van der Waals surface area contributed by atoms with Crippen LogP contribution in [-0.2, 0) is 0 Å². The van der Waals surface area contributed by atoms with Crippen molar-refractivity contribution in [1.82, 2.24) is 0 Å². The van der Waals surface area contributed by atoms with Crippen LogP contribution >= 0.6 is 11.6 Å². The summed E-state index contributed by atoms with van der Waals surface area (Å²) in [5.74, 6) is -0.716. The van der Waals surface area contributed by atoms with Crippen LogP contribution in [0.1, 0.15) is 27.7 Å². The van der Waals surface area contributed by atoms with Gasteiger partial charge in [-0.15, -0.1) is 0 Å². The number of rotatable bonds is 3. The van der Waals surface area contributed by atoms with Crippen LogP contribution in [0.2, 0.25) is 5.02 Å². The first-order chi connectivity index (χ1) is 7.97. The normalized spacial score (nSPS) is 12.6. The minimum absolute atomic E-state index is 0.0429. The molecular weight excluding hydrogens is 257 g/mol. The molecule has 0 heterocycles. The van der Waals surface area contributed by atoms with Crippen LogP contribution in [0.5, 0.6) is 0 Å². The van der Waals surface area contributed by atoms with Crippen LogP contribution in [0.25, 0.3) is 0 Å². The van der Waals surface area contributed by atoms with E-state index < -0.39 is 17.0 Å². The Hall–Kier alpha value is -1.20. The van der Waals surface area contributed by atoms with E-state index in [4.69, 9.17) is 23.1 Å². The molecule has 0 saturated heterocycles. The molecule has 18 heavy (non-hydrogen) atoms. The Labute approximate surface area is 111 Å². The predicted octanol–water partition coefficient (Wildman–Crippen LogP) is 2.60. The van der Waals surface area contributed by atoms with Crippen molar-refractivity contribution in [2.75, 3.05) is 16.8 Å². The third kappa shape index (κ3) is 2.62. The van der Waals surface area contributed by atoms with Gasteiger partial charge in [-0.1, -0.05) is 11.6 Å². The van der Waals surface area contributed by atoms with E-state index in [-0.39, 0.29) is 22.1 Å². The van der Waals surface area contributed by atoms with Gasteiger partial charge in [0.2, 0.25) is 0 Å². The molecule has 0 aromatic heterocycles. The number of nitrogens with two attached hydrogens (primary N) is 2. The lowest BCUT2D eigenvalue weighted by molar-refractivity contribution is 0.0239. The Balaban J connectivity index is 3.25. The Morgan fingerprint density at radius 3 is 2.17 bits per heavy atom. The lowest BCUT2D eigenvalue weighted by atomic mass is 9.85. The molecule has 1 aromatic carbocycles. The molecule has 0 radical (unpaired) electrons. The lowest BCUT2D eigenvalue weighted by Crippen LogP contribution is -2.51. The number of hydrogen-bond acceptors (Lipinski definition) is 4. The monoisotopic (exact) mass is 275 g/mol. The van der Waals surface area contributed by atoms with Crippen molar-refractivity contribution in [3.8, 4) is 0 Å². The molecule has 0 atom stereocenters. The van der Waals surface area contributed by atoms with E-state index in [2.05, 4.69) is 5.32 Å². The van der Waals surface area contributed by atoms with Gasteiger partial charge in [0.25, 0.3) is 0 Å². The van der Waals surface area contributed by atoms with Crippen LogP contribution in [0, 0.1) is 5.82 Å². The van der Waals surface area contributed by atoms with E-state index >= 15 is 0 Å². The first-order valence-electron chi connectivity index (χ1n) is 5.51. The fourth-order valence-electron chi connectivity index (χ4n) is 1.26. The van der Waals surface area contributed by atoms with Gasteiger partial charge >= 0.3 is 0 Å². The molecule has 1 aromatic rings. The molecule has 102 valence electrons. The molecular formula is C12H19ClFN3O. The van der Waals surface area contributed by atoms with Gasteiger partial charge in [-0.2, -0.15) is 0 Å². The van der Waals surface area contributed by atoms with E-state index in [0.717, 1.165) is 0 Å². The van der Waals surface area contributed by atoms with Crippen molar-refractivity contribution < 1.29 is 9.50 Å². The van der Waals surface area contributed by atoms with Gasteiger partial charge in [0, 0.05) is 0 Å². The number of nitrogen functional groups attached to an aromatic ring is 2. The summed E-state index contributed by atoms with van der Waals surface area (Å²) in [6.45, 7) is 6.70. The molecule has 6 N–H and O–H groups in total. The second-order valence-corrected chi connectivity index (χ2v) is 5.74. The van der Waals surface area contributed by atoms with Gasteiger partial charge in [-0.25, -0.2) is 4.39 Å². The van der Waals surface area contributed by atoms with Crippen LogP contribution < -0.4 is 16.8 Å². The summed E-state index contributed by atoms with van der Waals surface area (Å²) in [6, 6.07) is 1.38. The van der Waals surface area contributed by atoms with Crippen molar-refractivity contribution in [1.29, 1.82) is 0 Å². The maximum atomic E-state index is 14.0. The van der Waals surface area contributed by atoms with E-state index in [1.165, 1.54) is 6.07 Å². The number of aliphatic hydroxyl groups is 1. The number of anilines is 3. The van der Waals surface area contributed by atoms with Gasteiger partial charge in [-0.3, -0.25) is 0 Å². The third-order valence-corrected chi connectivity index (χ3v) is 3.62. The molecule has 0 spiro atoms. The highest BCUT2D eigenvalue weighted by molar-refractivity contribution is 6.33. The molecule has 6 heteroatoms. The number of nitrogens with one attached hydrogen (secondary N) is 1. The quantitative estimate of drug-likeness (QED) is 0.639. The topological polar surface area (TPSA) is 84.3 Å². The standard InChI is InChI=1S/C12H19ClFN3O/c1-11(2,12(3,4)18)17-10-7(16)5-6(15)8(13)9(10)14/h5,17-18H,15-16H2,1-4H3. The molecule has 0 aliphatic rings. The van der Waals surface area contributed by atoms with Crippen molar-refractivity contribution in [2.45, 2.75) is 38.8 Å². The zero-order chi connectivity index (χ0) is 14.3. The lowest BCUT2D eigenvalue weighted by Gasteiger charge is -2.39. The molecule has 0 saturated carbocycles. The van der Waals surface area contributed by atoms with E-state index in [9.17, 15) is 9.50 Å². The number of benzene rings is 1. The van der Waals surface area contributed by atoms with Crippen LogP contribution in [-0.4, -0.2) is 16.2 Å². The summed E-state index contributed by atoms with van der Waals surface area (Å²) in [4.78, 5) is 0. The molecule has 1 rings (SSSR count). The zero-order valence-corrected chi connectivity index (χ0v) is 11.7. The molecule has 0 fully saturated rings. The molecule has 0 amide bonds. The largest absolute Gasteiger partial charge is 0.397 e. The van der Waals surface area contributed by atoms with Crippen LogP contribution in [0.3, 0.4) is 0 Å². The second kappa shape index (κ2) is 4.48. The molecule has 0 bridgehead atoms. The smallest absolute Gasteiger partial charge is 0.169 e. The van der Waals surface area contributed by atoms with E-state index in [1.54, 1.807) is 27.7 Å². The SMILES string of the molecule is CC(C)(O)C(C)(C)Nc1c(N)cc(N)c(Cl)c1F. The second-order valence-electron chi connectivity index (χ2n) is 5.37. The van der Waals surface area contributed by atoms with E-state index in [0.29, 0.717) is 0 Å².